The summed E-state index contributed by atoms with van der Waals surface area (Å²) in [5.74, 6) is -0.752. The predicted molar refractivity (Wildman–Crippen MR) is 126 cm³/mol. The molecule has 1 unspecified atom stereocenters. The molecule has 1 aliphatic rings. The largest absolute Gasteiger partial charge is 0.349 e. The van der Waals surface area contributed by atoms with Crippen molar-refractivity contribution < 1.29 is 18.9 Å². The Morgan fingerprint density at radius 3 is 2.10 bits per heavy atom. The molecular weight excluding hydrogens is 390 g/mol. The molecule has 0 aliphatic carbocycles. The number of quaternary nitrogens is 1. The molecule has 0 aromatic carbocycles. The van der Waals surface area contributed by atoms with E-state index in [1.807, 2.05) is 13.8 Å². The van der Waals surface area contributed by atoms with Crippen molar-refractivity contribution in [2.24, 2.45) is 5.41 Å². The van der Waals surface area contributed by atoms with Gasteiger partial charge in [0.15, 0.2) is 5.54 Å². The van der Waals surface area contributed by atoms with E-state index in [4.69, 9.17) is 0 Å². The van der Waals surface area contributed by atoms with Gasteiger partial charge in [-0.2, -0.15) is 0 Å². The Bertz CT molecular complexity index is 716. The molecule has 1 atom stereocenters. The maximum absolute atomic E-state index is 13.2. The molecule has 0 spiro atoms. The summed E-state index contributed by atoms with van der Waals surface area (Å²) in [7, 11) is 4.20. The summed E-state index contributed by atoms with van der Waals surface area (Å²) in [4.78, 5) is 37.7. The van der Waals surface area contributed by atoms with Gasteiger partial charge < -0.3 is 9.80 Å². The van der Waals surface area contributed by atoms with Crippen LogP contribution >= 0.6 is 0 Å². The van der Waals surface area contributed by atoms with Crippen LogP contribution in [0.15, 0.2) is 24.3 Å². The van der Waals surface area contributed by atoms with Gasteiger partial charge >= 0.3 is 0 Å². The van der Waals surface area contributed by atoms with Crippen molar-refractivity contribution >= 4 is 17.7 Å². The molecule has 0 radical (unpaired) electrons. The fourth-order valence-electron chi connectivity index (χ4n) is 4.15. The van der Waals surface area contributed by atoms with E-state index in [1.54, 1.807) is 0 Å². The zero-order valence-electron chi connectivity index (χ0n) is 21.2. The number of amides is 3. The van der Waals surface area contributed by atoms with E-state index in [9.17, 15) is 14.4 Å². The molecule has 0 bridgehead atoms. The summed E-state index contributed by atoms with van der Waals surface area (Å²) in [5, 5.41) is 2.94. The summed E-state index contributed by atoms with van der Waals surface area (Å²) < 4.78 is 0.482. The second-order valence-corrected chi connectivity index (χ2v) is 10.7. The Labute approximate surface area is 189 Å². The SMILES string of the molecule is CCCC(C)(C)CC=CC(C)(CC)[N+](C)(C)C(C)(C)C(=O)NCCN1C(=O)C=CC1=O. The molecule has 176 valence electrons. The highest BCUT2D eigenvalue weighted by Gasteiger charge is 2.52. The van der Waals surface area contributed by atoms with E-state index in [-0.39, 0.29) is 41.8 Å². The van der Waals surface area contributed by atoms with Gasteiger partial charge in [0.25, 0.3) is 17.7 Å². The second-order valence-electron chi connectivity index (χ2n) is 10.7. The van der Waals surface area contributed by atoms with E-state index in [1.165, 1.54) is 25.0 Å². The van der Waals surface area contributed by atoms with Gasteiger partial charge in [0, 0.05) is 31.7 Å². The third-order valence-corrected chi connectivity index (χ3v) is 7.54. The van der Waals surface area contributed by atoms with Crippen molar-refractivity contribution in [3.8, 4) is 0 Å². The van der Waals surface area contributed by atoms with E-state index in [0.29, 0.717) is 4.48 Å². The number of imide groups is 1. The molecule has 6 nitrogen and oxygen atoms in total. The van der Waals surface area contributed by atoms with Gasteiger partial charge in [-0.1, -0.05) is 40.2 Å². The highest BCUT2D eigenvalue weighted by Crippen LogP contribution is 2.36. The van der Waals surface area contributed by atoms with Gasteiger partial charge in [0.1, 0.15) is 5.54 Å². The lowest BCUT2D eigenvalue weighted by Crippen LogP contribution is -2.71. The van der Waals surface area contributed by atoms with Crippen molar-refractivity contribution in [3.05, 3.63) is 24.3 Å². The van der Waals surface area contributed by atoms with Gasteiger partial charge in [-0.3, -0.25) is 19.3 Å². The van der Waals surface area contributed by atoms with Gasteiger partial charge in [-0.25, -0.2) is 0 Å². The van der Waals surface area contributed by atoms with Crippen LogP contribution in [-0.2, 0) is 14.4 Å². The van der Waals surface area contributed by atoms with Crippen molar-refractivity contribution in [2.75, 3.05) is 27.2 Å². The minimum atomic E-state index is -0.717. The van der Waals surface area contributed by atoms with Crippen LogP contribution in [0.4, 0.5) is 0 Å². The fraction of sp³-hybridized carbons (Fsp3) is 0.720. The normalized spacial score (nSPS) is 17.5. The molecule has 0 saturated carbocycles. The lowest BCUT2D eigenvalue weighted by Gasteiger charge is -2.53. The number of hydrogen-bond donors (Lipinski definition) is 1. The first-order valence-corrected chi connectivity index (χ1v) is 11.5. The van der Waals surface area contributed by atoms with Gasteiger partial charge in [-0.05, 0) is 45.1 Å². The summed E-state index contributed by atoms with van der Waals surface area (Å²) in [5.41, 5.74) is -0.678. The summed E-state index contributed by atoms with van der Waals surface area (Å²) in [6.07, 6.45) is 11.3. The Morgan fingerprint density at radius 1 is 1.06 bits per heavy atom. The molecule has 0 aromatic rings. The quantitative estimate of drug-likeness (QED) is 0.288. The first-order valence-electron chi connectivity index (χ1n) is 11.5. The number of rotatable bonds is 12. The number of hydrogen-bond acceptors (Lipinski definition) is 3. The number of carbonyl (C=O) groups excluding carboxylic acids is 3. The standard InChI is InChI=1S/C25H43N3O3/c1-10-15-23(3,4)16-12-17-25(7,11-2)28(8,9)24(5,6)22(31)26-18-19-27-20(29)13-14-21(27)30/h12-14,17H,10-11,15-16,18-19H2,1-9H3/p+1. The molecule has 3 amide bonds. The topological polar surface area (TPSA) is 66.5 Å². The molecule has 0 aromatic heterocycles. The molecule has 1 rings (SSSR count). The minimum absolute atomic E-state index is 0.0936. The van der Waals surface area contributed by atoms with Crippen molar-refractivity contribution in [1.29, 1.82) is 0 Å². The second kappa shape index (κ2) is 10.1. The van der Waals surface area contributed by atoms with Crippen LogP contribution in [0.2, 0.25) is 0 Å². The van der Waals surface area contributed by atoms with E-state index in [2.05, 4.69) is 66.2 Å². The first kappa shape index (κ1) is 27.1. The van der Waals surface area contributed by atoms with Crippen molar-refractivity contribution in [2.45, 2.75) is 85.2 Å². The lowest BCUT2D eigenvalue weighted by molar-refractivity contribution is -0.967. The molecule has 6 heteroatoms. The minimum Gasteiger partial charge on any atom is -0.349 e. The lowest BCUT2D eigenvalue weighted by atomic mass is 9.82. The number of nitrogens with zero attached hydrogens (tertiary/aromatic N) is 2. The molecule has 1 N–H and O–H groups in total. The molecule has 0 saturated heterocycles. The Hall–Kier alpha value is -1.95. The average Bonchev–Trinajstić information content (AvgIpc) is 2.99. The zero-order valence-corrected chi connectivity index (χ0v) is 21.2. The fourth-order valence-corrected chi connectivity index (χ4v) is 4.15. The van der Waals surface area contributed by atoms with E-state index < -0.39 is 5.54 Å². The average molecular weight is 435 g/mol. The van der Waals surface area contributed by atoms with E-state index >= 15 is 0 Å². The Morgan fingerprint density at radius 2 is 1.61 bits per heavy atom. The molecular formula is C25H44N3O3+. The van der Waals surface area contributed by atoms with Crippen LogP contribution in [-0.4, -0.2) is 65.4 Å². The monoisotopic (exact) mass is 434 g/mol. The van der Waals surface area contributed by atoms with Crippen LogP contribution in [0.3, 0.4) is 0 Å². The van der Waals surface area contributed by atoms with Crippen LogP contribution in [0.1, 0.15) is 74.1 Å². The Balaban J connectivity index is 2.88. The molecule has 31 heavy (non-hydrogen) atoms. The van der Waals surface area contributed by atoms with Crippen molar-refractivity contribution in [1.82, 2.24) is 10.2 Å². The van der Waals surface area contributed by atoms with Crippen LogP contribution in [0, 0.1) is 5.41 Å². The third kappa shape index (κ3) is 6.06. The smallest absolute Gasteiger partial charge is 0.280 e. The first-order chi connectivity index (χ1) is 14.1. The third-order valence-electron chi connectivity index (χ3n) is 7.54. The van der Waals surface area contributed by atoms with Gasteiger partial charge in [-0.15, -0.1) is 0 Å². The maximum atomic E-state index is 13.2. The zero-order chi connectivity index (χ0) is 24.1. The highest BCUT2D eigenvalue weighted by atomic mass is 16.2. The van der Waals surface area contributed by atoms with Gasteiger partial charge in [0.05, 0.1) is 14.1 Å². The number of likely N-dealkylation sites (N-methyl/N-ethyl adjacent to an activating group) is 1. The van der Waals surface area contributed by atoms with E-state index in [0.717, 1.165) is 17.7 Å². The number of carbonyl (C=O) groups is 3. The maximum Gasteiger partial charge on any atom is 0.280 e. The number of nitrogens with one attached hydrogen (secondary N) is 1. The van der Waals surface area contributed by atoms with Crippen LogP contribution in [0.5, 0.6) is 0 Å². The molecule has 1 aliphatic heterocycles. The predicted octanol–water partition coefficient (Wildman–Crippen LogP) is 3.82. The Kier molecular flexibility index (Phi) is 8.84. The van der Waals surface area contributed by atoms with Crippen LogP contribution in [0.25, 0.3) is 0 Å². The summed E-state index contributed by atoms with van der Waals surface area (Å²) >= 11 is 0. The summed E-state index contributed by atoms with van der Waals surface area (Å²) in [6, 6.07) is 0. The summed E-state index contributed by atoms with van der Waals surface area (Å²) in [6.45, 7) is 15.5. The molecule has 1 heterocycles. The van der Waals surface area contributed by atoms with Gasteiger partial charge in [0.2, 0.25) is 0 Å². The van der Waals surface area contributed by atoms with Crippen molar-refractivity contribution in [3.63, 3.8) is 0 Å². The molecule has 0 fully saturated rings. The number of allylic oxidation sites excluding steroid dienone is 1. The highest BCUT2D eigenvalue weighted by molar-refractivity contribution is 6.12. The van der Waals surface area contributed by atoms with Crippen LogP contribution < -0.4 is 5.32 Å².